The highest BCUT2D eigenvalue weighted by atomic mass is 32.1. The van der Waals surface area contributed by atoms with Crippen molar-refractivity contribution in [3.63, 3.8) is 0 Å². The third-order valence-electron chi connectivity index (χ3n) is 7.31. The van der Waals surface area contributed by atoms with Crippen molar-refractivity contribution >= 4 is 48.6 Å². The molecule has 2 atom stereocenters. The second-order valence-electron chi connectivity index (χ2n) is 13.0. The summed E-state index contributed by atoms with van der Waals surface area (Å²) in [5.74, 6) is -0.550. The van der Waals surface area contributed by atoms with Crippen LogP contribution in [0.4, 0.5) is 27.6 Å². The quantitative estimate of drug-likeness (QED) is 0.0513. The lowest BCUT2D eigenvalue weighted by molar-refractivity contribution is -0.164. The molecule has 51 heavy (non-hydrogen) atoms. The monoisotopic (exact) mass is 736 g/mol. The Hall–Kier alpha value is -4.77. The van der Waals surface area contributed by atoms with Gasteiger partial charge in [0.25, 0.3) is 12.4 Å². The van der Waals surface area contributed by atoms with E-state index >= 15 is 0 Å². The van der Waals surface area contributed by atoms with Crippen LogP contribution in [0.3, 0.4) is 0 Å². The average molecular weight is 737 g/mol. The van der Waals surface area contributed by atoms with E-state index in [0.29, 0.717) is 21.6 Å². The number of rotatable bonds is 12. The minimum absolute atomic E-state index is 0.0137. The van der Waals surface area contributed by atoms with Gasteiger partial charge in [-0.15, -0.1) is 0 Å². The first kappa shape index (κ1) is 40.7. The number of halogens is 5. The number of anilines is 1. The van der Waals surface area contributed by atoms with E-state index < -0.39 is 36.3 Å². The minimum atomic E-state index is -4.05. The molecule has 1 aromatic heterocycles. The van der Waals surface area contributed by atoms with Gasteiger partial charge < -0.3 is 15.8 Å². The number of hydrogen-bond donors (Lipinski definition) is 2. The maximum atomic E-state index is 13.6. The summed E-state index contributed by atoms with van der Waals surface area (Å²) in [4.78, 5) is 33.4. The van der Waals surface area contributed by atoms with Crippen molar-refractivity contribution in [1.82, 2.24) is 14.6 Å². The molecular weight excluding hydrogens is 695 g/mol. The largest absolute Gasteiger partial charge is 0.465 e. The molecule has 1 saturated carbocycles. The summed E-state index contributed by atoms with van der Waals surface area (Å²) in [7, 11) is 1.35. The standard InChI is InChI=1S/C24H21F2N7O3S.C5H8F3N.C5H12/c1-28-13-29-33(23(25)26)18-4-2-3-17(11-18)20(12-36-14-34)32-22(35)21(30-24(32)27)16-7-5-15(6-8-16)19-9-10-37-31-19;1-9-4(2-3-4)5(6,7)8;1-5(2,3)4/h2-11,13-14,20-21,23H,1,12H2,(H2,27,30);9H,2-3H2,1H3;1-4H3/b29-13-;;. The number of aromatic nitrogens is 1. The highest BCUT2D eigenvalue weighted by molar-refractivity contribution is 7.03. The number of nitrogens with one attached hydrogen (secondary N) is 1. The lowest BCUT2D eigenvalue weighted by Crippen LogP contribution is -2.42. The second-order valence-corrected chi connectivity index (χ2v) is 13.7. The zero-order chi connectivity index (χ0) is 38.0. The molecule has 0 radical (unpaired) electrons. The van der Waals surface area contributed by atoms with Crippen LogP contribution in [0.25, 0.3) is 11.3 Å². The van der Waals surface area contributed by atoms with Gasteiger partial charge >= 0.3 is 12.7 Å². The number of alkyl halides is 5. The van der Waals surface area contributed by atoms with Crippen molar-refractivity contribution in [3.05, 3.63) is 71.1 Å². The highest BCUT2D eigenvalue weighted by Crippen LogP contribution is 2.48. The molecule has 0 saturated heterocycles. The highest BCUT2D eigenvalue weighted by Gasteiger charge is 2.62. The molecular formula is C34H41F5N8O3S. The summed E-state index contributed by atoms with van der Waals surface area (Å²) in [6.07, 6.45) is -2.72. The van der Waals surface area contributed by atoms with Gasteiger partial charge in [-0.3, -0.25) is 19.5 Å². The van der Waals surface area contributed by atoms with Crippen molar-refractivity contribution in [2.75, 3.05) is 18.7 Å². The Morgan fingerprint density at radius 2 is 1.80 bits per heavy atom. The van der Waals surface area contributed by atoms with Gasteiger partial charge in [0.15, 0.2) is 12.0 Å². The van der Waals surface area contributed by atoms with Crippen LogP contribution in [0.1, 0.15) is 63.7 Å². The van der Waals surface area contributed by atoms with Crippen LogP contribution >= 0.6 is 11.5 Å². The Labute approximate surface area is 297 Å². The summed E-state index contributed by atoms with van der Waals surface area (Å²) < 4.78 is 72.0. The van der Waals surface area contributed by atoms with E-state index in [1.807, 2.05) is 23.6 Å². The molecule has 1 fully saturated rings. The Bertz CT molecular complexity index is 1650. The van der Waals surface area contributed by atoms with Gasteiger partial charge in [0, 0.05) is 10.9 Å². The van der Waals surface area contributed by atoms with Gasteiger partial charge in [0.05, 0.1) is 17.4 Å². The first-order chi connectivity index (χ1) is 24.0. The summed E-state index contributed by atoms with van der Waals surface area (Å²) in [6, 6.07) is 13.1. The van der Waals surface area contributed by atoms with Crippen LogP contribution in [0, 0.1) is 5.41 Å². The molecule has 3 aromatic rings. The number of guanidine groups is 1. The number of nitrogens with zero attached hydrogens (tertiary/aromatic N) is 6. The zero-order valence-corrected chi connectivity index (χ0v) is 29.6. The van der Waals surface area contributed by atoms with Gasteiger partial charge in [-0.2, -0.15) is 31.4 Å². The number of carbonyl (C=O) groups excluding carboxylic acids is 2. The first-order valence-electron chi connectivity index (χ1n) is 15.6. The molecule has 3 N–H and O–H groups in total. The molecule has 2 heterocycles. The van der Waals surface area contributed by atoms with Crippen LogP contribution in [-0.4, -0.2) is 72.6 Å². The fourth-order valence-electron chi connectivity index (χ4n) is 4.67. The van der Waals surface area contributed by atoms with E-state index in [-0.39, 0.29) is 37.6 Å². The van der Waals surface area contributed by atoms with Gasteiger partial charge in [0.1, 0.15) is 18.5 Å². The van der Waals surface area contributed by atoms with Gasteiger partial charge in [-0.25, -0.2) is 10.0 Å². The summed E-state index contributed by atoms with van der Waals surface area (Å²) in [5.41, 5.74) is 7.83. The Balaban J connectivity index is 0.000000418. The summed E-state index contributed by atoms with van der Waals surface area (Å²) in [6.45, 7) is 8.91. The predicted molar refractivity (Wildman–Crippen MR) is 189 cm³/mol. The first-order valence-corrected chi connectivity index (χ1v) is 16.4. The van der Waals surface area contributed by atoms with Gasteiger partial charge in [-0.05, 0) is 72.9 Å². The molecule has 1 amide bonds. The second kappa shape index (κ2) is 17.4. The average Bonchev–Trinajstić information content (AvgIpc) is 3.60. The molecule has 1 aliphatic heterocycles. The number of amides is 1. The normalized spacial score (nSPS) is 17.2. The molecule has 2 aliphatic rings. The predicted octanol–water partition coefficient (Wildman–Crippen LogP) is 6.95. The molecule has 276 valence electrons. The number of ether oxygens (including phenoxy) is 1. The van der Waals surface area contributed by atoms with Crippen LogP contribution in [0.15, 0.2) is 75.1 Å². The molecule has 11 nitrogen and oxygen atoms in total. The fraction of sp³-hybridized carbons (Fsp3) is 0.412. The zero-order valence-electron chi connectivity index (χ0n) is 28.8. The molecule has 0 bridgehead atoms. The van der Waals surface area contributed by atoms with Gasteiger partial charge in [-0.1, -0.05) is 64.1 Å². The van der Waals surface area contributed by atoms with Crippen molar-refractivity contribution in [1.29, 1.82) is 0 Å². The maximum Gasteiger partial charge on any atom is 0.406 e. The number of hydrazone groups is 1. The third-order valence-corrected chi connectivity index (χ3v) is 7.87. The molecule has 5 rings (SSSR count). The topological polar surface area (TPSA) is 138 Å². The van der Waals surface area contributed by atoms with Gasteiger partial charge in [0.2, 0.25) is 0 Å². The van der Waals surface area contributed by atoms with E-state index in [2.05, 4.69) is 59.2 Å². The van der Waals surface area contributed by atoms with E-state index in [0.717, 1.165) is 17.6 Å². The minimum Gasteiger partial charge on any atom is -0.465 e. The Morgan fingerprint density at radius 1 is 1.16 bits per heavy atom. The fourth-order valence-corrected chi connectivity index (χ4v) is 5.20. The van der Waals surface area contributed by atoms with Crippen molar-refractivity contribution in [2.24, 2.45) is 26.2 Å². The number of benzene rings is 2. The van der Waals surface area contributed by atoms with E-state index in [1.165, 1.54) is 41.7 Å². The number of hydrogen-bond acceptors (Lipinski definition) is 10. The smallest absolute Gasteiger partial charge is 0.406 e. The van der Waals surface area contributed by atoms with E-state index in [1.54, 1.807) is 18.2 Å². The summed E-state index contributed by atoms with van der Waals surface area (Å²) >= 11 is 1.33. The molecule has 2 aromatic carbocycles. The van der Waals surface area contributed by atoms with E-state index in [4.69, 9.17) is 10.5 Å². The van der Waals surface area contributed by atoms with Crippen LogP contribution in [-0.2, 0) is 14.3 Å². The Morgan fingerprint density at radius 3 is 2.27 bits per heavy atom. The van der Waals surface area contributed by atoms with Crippen LogP contribution in [0.5, 0.6) is 0 Å². The van der Waals surface area contributed by atoms with Crippen LogP contribution in [0.2, 0.25) is 0 Å². The molecule has 0 spiro atoms. The van der Waals surface area contributed by atoms with Crippen LogP contribution < -0.4 is 16.1 Å². The van der Waals surface area contributed by atoms with Crippen molar-refractivity contribution in [2.45, 2.75) is 70.9 Å². The Kier molecular flexibility index (Phi) is 13.9. The number of aliphatic imine (C=N–C) groups is 2. The lowest BCUT2D eigenvalue weighted by Gasteiger charge is -2.28. The maximum absolute atomic E-state index is 13.6. The van der Waals surface area contributed by atoms with Crippen molar-refractivity contribution < 1.29 is 36.3 Å². The third kappa shape index (κ3) is 11.1. The number of carbonyl (C=O) groups is 2. The molecule has 17 heteroatoms. The van der Waals surface area contributed by atoms with Crippen molar-refractivity contribution in [3.8, 4) is 11.3 Å². The molecule has 2 unspecified atom stereocenters. The lowest BCUT2D eigenvalue weighted by atomic mass is 10.0. The number of nitrogens with two attached hydrogens (primary N) is 1. The molecule has 1 aliphatic carbocycles. The SMILES string of the molecule is C=N/C=N\N(c1cccc(C(COC=O)N2C(=O)C(c3ccc(-c4ccsn4)cc3)N=C2N)c1)C(F)F.CC(C)(C)C.CNC1(C(F)(F)F)CC1. The van der Waals surface area contributed by atoms with E-state index in [9.17, 15) is 31.5 Å². The summed E-state index contributed by atoms with van der Waals surface area (Å²) in [5, 5.41) is 8.16.